The molecular formula is C22H21N3O2. The Morgan fingerprint density at radius 1 is 0.926 bits per heavy atom. The first-order chi connectivity index (χ1) is 13.3. The van der Waals surface area contributed by atoms with Gasteiger partial charge in [-0.05, 0) is 35.4 Å². The van der Waals surface area contributed by atoms with E-state index in [2.05, 4.69) is 15.8 Å². The average Bonchev–Trinajstić information content (AvgIpc) is 2.73. The summed E-state index contributed by atoms with van der Waals surface area (Å²) in [5.74, 6) is 0.534. The topological polar surface area (TPSA) is 62.7 Å². The molecule has 0 aliphatic rings. The van der Waals surface area contributed by atoms with E-state index in [0.717, 1.165) is 22.6 Å². The third-order valence-corrected chi connectivity index (χ3v) is 3.74. The predicted octanol–water partition coefficient (Wildman–Crippen LogP) is 3.83. The number of nitrogens with zero attached hydrogens (tertiary/aromatic N) is 1. The smallest absolute Gasteiger partial charge is 0.259 e. The van der Waals surface area contributed by atoms with Crippen molar-refractivity contribution in [2.75, 3.05) is 11.9 Å². The number of hydrogen-bond acceptors (Lipinski definition) is 4. The molecule has 5 nitrogen and oxygen atoms in total. The second-order valence-electron chi connectivity index (χ2n) is 5.86. The molecule has 3 rings (SSSR count). The Morgan fingerprint density at radius 2 is 1.67 bits per heavy atom. The standard InChI is InChI=1S/C22H21N3O2/c26-22(16-23-20-11-5-2-6-12-20)25-24-15-19-10-7-13-21(14-19)27-17-18-8-3-1-4-9-18/h1-15,23H,16-17H2,(H,25,26)/b24-15-. The van der Waals surface area contributed by atoms with Gasteiger partial charge in [-0.2, -0.15) is 5.10 Å². The first-order valence-electron chi connectivity index (χ1n) is 8.67. The highest BCUT2D eigenvalue weighted by Crippen LogP contribution is 2.14. The normalized spacial score (nSPS) is 10.5. The molecule has 1 amide bonds. The van der Waals surface area contributed by atoms with Crippen LogP contribution in [-0.4, -0.2) is 18.7 Å². The minimum atomic E-state index is -0.216. The maximum atomic E-state index is 11.8. The van der Waals surface area contributed by atoms with E-state index in [1.54, 1.807) is 6.21 Å². The van der Waals surface area contributed by atoms with Gasteiger partial charge < -0.3 is 10.1 Å². The summed E-state index contributed by atoms with van der Waals surface area (Å²) in [6.45, 7) is 0.658. The van der Waals surface area contributed by atoms with Crippen LogP contribution in [0.3, 0.4) is 0 Å². The van der Waals surface area contributed by atoms with Crippen LogP contribution < -0.4 is 15.5 Å². The Morgan fingerprint density at radius 3 is 2.44 bits per heavy atom. The molecule has 3 aromatic rings. The molecule has 0 fully saturated rings. The second-order valence-corrected chi connectivity index (χ2v) is 5.86. The Bertz CT molecular complexity index is 880. The van der Waals surface area contributed by atoms with Crippen molar-refractivity contribution >= 4 is 17.8 Å². The monoisotopic (exact) mass is 359 g/mol. The third kappa shape index (κ3) is 6.32. The molecule has 0 unspecified atom stereocenters. The van der Waals surface area contributed by atoms with Crippen LogP contribution in [0.5, 0.6) is 5.75 Å². The van der Waals surface area contributed by atoms with E-state index in [1.165, 1.54) is 0 Å². The van der Waals surface area contributed by atoms with Crippen molar-refractivity contribution in [3.63, 3.8) is 0 Å². The summed E-state index contributed by atoms with van der Waals surface area (Å²) in [4.78, 5) is 11.8. The maximum absolute atomic E-state index is 11.8. The molecule has 3 aromatic carbocycles. The lowest BCUT2D eigenvalue weighted by atomic mass is 10.2. The lowest BCUT2D eigenvalue weighted by Gasteiger charge is -2.07. The van der Waals surface area contributed by atoms with E-state index in [0.29, 0.717) is 6.61 Å². The largest absolute Gasteiger partial charge is 0.489 e. The first kappa shape index (κ1) is 18.2. The summed E-state index contributed by atoms with van der Waals surface area (Å²) in [6.07, 6.45) is 1.59. The van der Waals surface area contributed by atoms with Gasteiger partial charge >= 0.3 is 0 Å². The van der Waals surface area contributed by atoms with E-state index in [-0.39, 0.29) is 12.5 Å². The number of nitrogens with one attached hydrogen (secondary N) is 2. The minimum Gasteiger partial charge on any atom is -0.489 e. The molecule has 136 valence electrons. The molecule has 0 spiro atoms. The predicted molar refractivity (Wildman–Crippen MR) is 108 cm³/mol. The molecule has 0 radical (unpaired) electrons. The molecule has 0 aromatic heterocycles. The summed E-state index contributed by atoms with van der Waals surface area (Å²) in [6, 6.07) is 27.1. The number of hydrogen-bond donors (Lipinski definition) is 2. The Balaban J connectivity index is 1.46. The number of rotatable bonds is 8. The van der Waals surface area contributed by atoms with Crippen molar-refractivity contribution in [2.24, 2.45) is 5.10 Å². The molecular weight excluding hydrogens is 338 g/mol. The highest BCUT2D eigenvalue weighted by Gasteiger charge is 2.00. The van der Waals surface area contributed by atoms with E-state index in [9.17, 15) is 4.79 Å². The molecule has 0 saturated heterocycles. The first-order valence-corrected chi connectivity index (χ1v) is 8.67. The van der Waals surface area contributed by atoms with Crippen molar-refractivity contribution in [3.05, 3.63) is 96.1 Å². The van der Waals surface area contributed by atoms with Crippen molar-refractivity contribution in [2.45, 2.75) is 6.61 Å². The van der Waals surface area contributed by atoms with Gasteiger partial charge in [0.25, 0.3) is 5.91 Å². The van der Waals surface area contributed by atoms with E-state index in [1.807, 2.05) is 84.9 Å². The van der Waals surface area contributed by atoms with Gasteiger partial charge in [0.15, 0.2) is 0 Å². The van der Waals surface area contributed by atoms with Crippen molar-refractivity contribution < 1.29 is 9.53 Å². The Hall–Kier alpha value is -3.60. The van der Waals surface area contributed by atoms with Crippen molar-refractivity contribution in [3.8, 4) is 5.75 Å². The van der Waals surface area contributed by atoms with Crippen LogP contribution in [0, 0.1) is 0 Å². The summed E-state index contributed by atoms with van der Waals surface area (Å²) in [5.41, 5.74) is 5.35. The summed E-state index contributed by atoms with van der Waals surface area (Å²) in [7, 11) is 0. The van der Waals surface area contributed by atoms with Crippen LogP contribution in [0.2, 0.25) is 0 Å². The number of ether oxygens (including phenoxy) is 1. The van der Waals surface area contributed by atoms with Crippen LogP contribution in [0.25, 0.3) is 0 Å². The quantitative estimate of drug-likeness (QED) is 0.475. The van der Waals surface area contributed by atoms with Gasteiger partial charge in [0, 0.05) is 5.69 Å². The number of amides is 1. The molecule has 0 atom stereocenters. The van der Waals surface area contributed by atoms with Gasteiger partial charge in [-0.3, -0.25) is 4.79 Å². The zero-order valence-corrected chi connectivity index (χ0v) is 14.8. The van der Waals surface area contributed by atoms with Crippen LogP contribution >= 0.6 is 0 Å². The molecule has 27 heavy (non-hydrogen) atoms. The molecule has 0 saturated carbocycles. The highest BCUT2D eigenvalue weighted by atomic mass is 16.5. The van der Waals surface area contributed by atoms with Crippen LogP contribution in [0.4, 0.5) is 5.69 Å². The second kappa shape index (κ2) is 9.77. The van der Waals surface area contributed by atoms with Gasteiger partial charge in [-0.15, -0.1) is 0 Å². The SMILES string of the molecule is O=C(CNc1ccccc1)N/N=C\c1cccc(OCc2ccccc2)c1. The van der Waals surface area contributed by atoms with Crippen LogP contribution in [0.1, 0.15) is 11.1 Å². The van der Waals surface area contributed by atoms with Gasteiger partial charge in [-0.25, -0.2) is 5.43 Å². The highest BCUT2D eigenvalue weighted by molar-refractivity contribution is 5.84. The van der Waals surface area contributed by atoms with Crippen molar-refractivity contribution in [1.82, 2.24) is 5.43 Å². The lowest BCUT2D eigenvalue weighted by molar-refractivity contribution is -0.119. The van der Waals surface area contributed by atoms with E-state index >= 15 is 0 Å². The van der Waals surface area contributed by atoms with Crippen LogP contribution in [-0.2, 0) is 11.4 Å². The number of hydrazone groups is 1. The zero-order valence-electron chi connectivity index (χ0n) is 14.8. The van der Waals surface area contributed by atoms with Gasteiger partial charge in [-0.1, -0.05) is 60.7 Å². The van der Waals surface area contributed by atoms with E-state index < -0.39 is 0 Å². The number of carbonyl (C=O) groups is 1. The fourth-order valence-electron chi connectivity index (χ4n) is 2.38. The Labute approximate surface area is 158 Å². The molecule has 0 bridgehead atoms. The van der Waals surface area contributed by atoms with Gasteiger partial charge in [0.1, 0.15) is 12.4 Å². The molecule has 0 heterocycles. The number of benzene rings is 3. The molecule has 2 N–H and O–H groups in total. The summed E-state index contributed by atoms with van der Waals surface area (Å²) >= 11 is 0. The van der Waals surface area contributed by atoms with Gasteiger partial charge in [0.05, 0.1) is 12.8 Å². The average molecular weight is 359 g/mol. The summed E-state index contributed by atoms with van der Waals surface area (Å²) in [5, 5.41) is 7.02. The number of anilines is 1. The summed E-state index contributed by atoms with van der Waals surface area (Å²) < 4.78 is 5.79. The van der Waals surface area contributed by atoms with Crippen molar-refractivity contribution in [1.29, 1.82) is 0 Å². The van der Waals surface area contributed by atoms with Crippen LogP contribution in [0.15, 0.2) is 90.0 Å². The number of carbonyl (C=O) groups excluding carboxylic acids is 1. The maximum Gasteiger partial charge on any atom is 0.259 e. The third-order valence-electron chi connectivity index (χ3n) is 3.74. The Kier molecular flexibility index (Phi) is 6.59. The number of para-hydroxylation sites is 1. The zero-order chi connectivity index (χ0) is 18.7. The molecule has 5 heteroatoms. The van der Waals surface area contributed by atoms with E-state index in [4.69, 9.17) is 4.74 Å². The fourth-order valence-corrected chi connectivity index (χ4v) is 2.38. The van der Waals surface area contributed by atoms with Gasteiger partial charge in [0.2, 0.25) is 0 Å². The fraction of sp³-hybridized carbons (Fsp3) is 0.0909. The molecule has 0 aliphatic carbocycles. The minimum absolute atomic E-state index is 0.154. The lowest BCUT2D eigenvalue weighted by Crippen LogP contribution is -2.25. The molecule has 0 aliphatic heterocycles.